The quantitative estimate of drug-likeness (QED) is 0.394. The number of benzene rings is 1. The van der Waals surface area contributed by atoms with Crippen molar-refractivity contribution in [2.45, 2.75) is 0 Å². The maximum absolute atomic E-state index is 9.80. The normalized spacial score (nSPS) is 9.17. The number of hydrogen-bond donors (Lipinski definition) is 3. The number of methoxy groups -OCH3 is 1. The molecule has 0 saturated heterocycles. The summed E-state index contributed by atoms with van der Waals surface area (Å²) in [6.07, 6.45) is 0. The lowest BCUT2D eigenvalue weighted by molar-refractivity contribution is -0.142. The molecule has 6 heteroatoms. The topological polar surface area (TPSA) is 106 Å². The van der Waals surface area contributed by atoms with Gasteiger partial charge in [-0.1, -0.05) is 30.3 Å². The second-order valence-electron chi connectivity index (χ2n) is 3.22. The van der Waals surface area contributed by atoms with Gasteiger partial charge in [-0.05, 0) is 0 Å². The van der Waals surface area contributed by atoms with Crippen LogP contribution in [0.1, 0.15) is 5.56 Å². The van der Waals surface area contributed by atoms with Gasteiger partial charge in [-0.2, -0.15) is 0 Å². The Labute approximate surface area is 106 Å². The Morgan fingerprint density at radius 3 is 2.33 bits per heavy atom. The molecule has 0 unspecified atom stereocenters. The van der Waals surface area contributed by atoms with Crippen LogP contribution in [-0.2, 0) is 14.3 Å². The van der Waals surface area contributed by atoms with Gasteiger partial charge in [-0.15, -0.1) is 0 Å². The highest BCUT2D eigenvalue weighted by Crippen LogP contribution is 1.94. The molecule has 6 nitrogen and oxygen atoms in total. The number of carboxylic acids is 1. The zero-order chi connectivity index (χ0) is 13.8. The van der Waals surface area contributed by atoms with Gasteiger partial charge in [0, 0.05) is 12.7 Å². The first-order valence-electron chi connectivity index (χ1n) is 5.25. The first kappa shape index (κ1) is 16.1. The highest BCUT2D eigenvalue weighted by molar-refractivity contribution is 5.94. The van der Waals surface area contributed by atoms with Crippen LogP contribution in [0.25, 0.3) is 0 Å². The fourth-order valence-corrected chi connectivity index (χ4v) is 0.919. The Hall–Kier alpha value is -1.92. The summed E-state index contributed by atoms with van der Waals surface area (Å²) in [5.74, 6) is -0.832. The molecule has 0 aromatic heterocycles. The van der Waals surface area contributed by atoms with Gasteiger partial charge in [0.15, 0.2) is 0 Å². The molecule has 0 bridgehead atoms. The van der Waals surface area contributed by atoms with E-state index in [1.54, 1.807) is 0 Å². The molecule has 1 rings (SSSR count). The number of aliphatic carboxylic acids is 1. The zero-order valence-corrected chi connectivity index (χ0v) is 10.3. The lowest BCUT2D eigenvalue weighted by Gasteiger charge is -1.97. The van der Waals surface area contributed by atoms with E-state index in [0.29, 0.717) is 13.2 Å². The van der Waals surface area contributed by atoms with Crippen molar-refractivity contribution in [1.82, 2.24) is 0 Å². The van der Waals surface area contributed by atoms with Gasteiger partial charge in [0.25, 0.3) is 0 Å². The minimum absolute atomic E-state index is 0.121. The largest absolute Gasteiger partial charge is 0.480 e. The van der Waals surface area contributed by atoms with E-state index in [1.165, 1.54) is 7.11 Å². The highest BCUT2D eigenvalue weighted by atomic mass is 16.5. The van der Waals surface area contributed by atoms with Crippen molar-refractivity contribution in [2.24, 2.45) is 5.73 Å². The Kier molecular flexibility index (Phi) is 9.15. The molecule has 0 aliphatic rings. The van der Waals surface area contributed by atoms with Gasteiger partial charge in [-0.3, -0.25) is 5.41 Å². The molecule has 0 atom stereocenters. The number of nitrogen functional groups attached to an aromatic ring is 1. The van der Waals surface area contributed by atoms with Crippen LogP contribution < -0.4 is 5.73 Å². The van der Waals surface area contributed by atoms with Crippen LogP contribution in [0, 0.1) is 5.41 Å². The maximum Gasteiger partial charge on any atom is 0.329 e. The summed E-state index contributed by atoms with van der Waals surface area (Å²) in [4.78, 5) is 9.80. The first-order chi connectivity index (χ1) is 8.57. The number of amidine groups is 1. The van der Waals surface area contributed by atoms with Crippen LogP contribution in [0.5, 0.6) is 0 Å². The zero-order valence-electron chi connectivity index (χ0n) is 10.3. The van der Waals surface area contributed by atoms with Gasteiger partial charge in [-0.25, -0.2) is 4.79 Å². The van der Waals surface area contributed by atoms with Gasteiger partial charge >= 0.3 is 5.97 Å². The second kappa shape index (κ2) is 10.2. The van der Waals surface area contributed by atoms with E-state index in [1.807, 2.05) is 30.3 Å². The summed E-state index contributed by atoms with van der Waals surface area (Å²) in [7, 11) is 1.53. The molecule has 0 saturated carbocycles. The standard InChI is InChI=1S/C7H8N2.C5H10O4/c8-7(9)6-4-2-1-3-5-6;1-8-2-3-9-4-5(6)7/h1-5H,(H3,8,9);2-4H2,1H3,(H,6,7). The summed E-state index contributed by atoms with van der Waals surface area (Å²) < 4.78 is 9.22. The van der Waals surface area contributed by atoms with E-state index < -0.39 is 5.97 Å². The Morgan fingerprint density at radius 2 is 1.94 bits per heavy atom. The monoisotopic (exact) mass is 254 g/mol. The predicted molar refractivity (Wildman–Crippen MR) is 67.8 cm³/mol. The molecule has 1 aromatic carbocycles. The van der Waals surface area contributed by atoms with Crippen molar-refractivity contribution < 1.29 is 19.4 Å². The third-order valence-electron chi connectivity index (χ3n) is 1.74. The highest BCUT2D eigenvalue weighted by Gasteiger charge is 1.93. The SMILES string of the molecule is COCCOCC(=O)O.N=C(N)c1ccccc1. The minimum atomic E-state index is -0.953. The fourth-order valence-electron chi connectivity index (χ4n) is 0.919. The lowest BCUT2D eigenvalue weighted by Crippen LogP contribution is -2.10. The molecule has 100 valence electrons. The summed E-state index contributed by atoms with van der Waals surface area (Å²) >= 11 is 0. The van der Waals surface area contributed by atoms with Crippen molar-refractivity contribution in [2.75, 3.05) is 26.9 Å². The number of carbonyl (C=O) groups is 1. The van der Waals surface area contributed by atoms with Crippen molar-refractivity contribution >= 4 is 11.8 Å². The molecule has 0 heterocycles. The van der Waals surface area contributed by atoms with Crippen LogP contribution in [0.2, 0.25) is 0 Å². The van der Waals surface area contributed by atoms with E-state index in [0.717, 1.165) is 5.56 Å². The molecule has 0 aliphatic carbocycles. The number of ether oxygens (including phenoxy) is 2. The maximum atomic E-state index is 9.80. The lowest BCUT2D eigenvalue weighted by atomic mass is 10.2. The Morgan fingerprint density at radius 1 is 1.33 bits per heavy atom. The summed E-state index contributed by atoms with van der Waals surface area (Å²) in [5, 5.41) is 15.1. The number of hydrogen-bond acceptors (Lipinski definition) is 4. The van der Waals surface area contributed by atoms with Gasteiger partial charge in [0.05, 0.1) is 13.2 Å². The van der Waals surface area contributed by atoms with Gasteiger partial charge < -0.3 is 20.3 Å². The van der Waals surface area contributed by atoms with Crippen LogP contribution >= 0.6 is 0 Å². The average molecular weight is 254 g/mol. The van der Waals surface area contributed by atoms with Crippen molar-refractivity contribution in [3.63, 3.8) is 0 Å². The predicted octanol–water partition coefficient (Wildman–Crippen LogP) is 0.705. The number of nitrogens with two attached hydrogens (primary N) is 1. The number of rotatable bonds is 6. The van der Waals surface area contributed by atoms with Crippen LogP contribution in [0.4, 0.5) is 0 Å². The van der Waals surface area contributed by atoms with Crippen molar-refractivity contribution in [3.8, 4) is 0 Å². The fraction of sp³-hybridized carbons (Fsp3) is 0.333. The summed E-state index contributed by atoms with van der Waals surface area (Å²) in [6, 6.07) is 9.23. The molecular formula is C12H18N2O4. The number of carboxylic acid groups (broad SMARTS) is 1. The second-order valence-corrected chi connectivity index (χ2v) is 3.22. The van der Waals surface area contributed by atoms with E-state index in [4.69, 9.17) is 16.2 Å². The molecule has 0 radical (unpaired) electrons. The van der Waals surface area contributed by atoms with E-state index in [2.05, 4.69) is 9.47 Å². The van der Waals surface area contributed by atoms with Gasteiger partial charge in [0.1, 0.15) is 12.4 Å². The smallest absolute Gasteiger partial charge is 0.329 e. The Bertz CT molecular complexity index is 354. The first-order valence-corrected chi connectivity index (χ1v) is 5.25. The van der Waals surface area contributed by atoms with Gasteiger partial charge in [0.2, 0.25) is 0 Å². The molecule has 4 N–H and O–H groups in total. The third kappa shape index (κ3) is 9.32. The molecule has 0 aliphatic heterocycles. The van der Waals surface area contributed by atoms with E-state index in [9.17, 15) is 4.79 Å². The minimum Gasteiger partial charge on any atom is -0.480 e. The van der Waals surface area contributed by atoms with Crippen LogP contribution in [-0.4, -0.2) is 43.8 Å². The van der Waals surface area contributed by atoms with E-state index >= 15 is 0 Å². The summed E-state index contributed by atoms with van der Waals surface area (Å²) in [6.45, 7) is 0.527. The Balaban J connectivity index is 0.000000321. The van der Waals surface area contributed by atoms with Crippen molar-refractivity contribution in [1.29, 1.82) is 5.41 Å². The molecule has 0 amide bonds. The summed E-state index contributed by atoms with van der Waals surface area (Å²) in [5.41, 5.74) is 5.97. The third-order valence-corrected chi connectivity index (χ3v) is 1.74. The average Bonchev–Trinajstić information content (AvgIpc) is 2.36. The molecule has 0 fully saturated rings. The molecule has 1 aromatic rings. The molecule has 0 spiro atoms. The molecule has 18 heavy (non-hydrogen) atoms. The van der Waals surface area contributed by atoms with Crippen LogP contribution in [0.15, 0.2) is 30.3 Å². The van der Waals surface area contributed by atoms with Crippen LogP contribution in [0.3, 0.4) is 0 Å². The van der Waals surface area contributed by atoms with Crippen molar-refractivity contribution in [3.05, 3.63) is 35.9 Å². The number of nitrogens with one attached hydrogen (secondary N) is 1. The molecular weight excluding hydrogens is 236 g/mol. The van der Waals surface area contributed by atoms with E-state index in [-0.39, 0.29) is 12.4 Å².